The van der Waals surface area contributed by atoms with Crippen LogP contribution in [0.2, 0.25) is 0 Å². The van der Waals surface area contributed by atoms with Crippen molar-refractivity contribution in [2.75, 3.05) is 19.5 Å². The fourth-order valence-corrected chi connectivity index (χ4v) is 2.84. The van der Waals surface area contributed by atoms with Gasteiger partial charge in [-0.05, 0) is 42.8 Å². The summed E-state index contributed by atoms with van der Waals surface area (Å²) in [6.45, 7) is 1.95. The summed E-state index contributed by atoms with van der Waals surface area (Å²) in [6.07, 6.45) is 0.632. The number of ether oxygens (including phenoxy) is 2. The van der Waals surface area contributed by atoms with Crippen LogP contribution >= 0.6 is 0 Å². The van der Waals surface area contributed by atoms with Crippen molar-refractivity contribution in [3.05, 3.63) is 59.5 Å². The van der Waals surface area contributed by atoms with E-state index < -0.39 is 0 Å². The van der Waals surface area contributed by atoms with Crippen LogP contribution in [0.5, 0.6) is 11.5 Å². The standard InChI is InChI=1S/C20H20FN3O3/c1-4-14-19(18(24-23-14)12-8-10-13(21)11-9-12)22-20(25)17-15(26-2)6-5-7-16(17)27-3/h5-11H,4H2,1-3H3,(H,22,25)(H,23,24). The summed E-state index contributed by atoms with van der Waals surface area (Å²) in [6, 6.07) is 11.1. The van der Waals surface area contributed by atoms with Crippen LogP contribution in [0.3, 0.4) is 0 Å². The first-order valence-electron chi connectivity index (χ1n) is 8.44. The summed E-state index contributed by atoms with van der Waals surface area (Å²) in [4.78, 5) is 13.0. The molecule has 1 heterocycles. The second-order valence-electron chi connectivity index (χ2n) is 5.78. The number of hydrogen-bond acceptors (Lipinski definition) is 4. The molecule has 0 atom stereocenters. The number of aryl methyl sites for hydroxylation is 1. The SMILES string of the molecule is CCc1[nH]nc(-c2ccc(F)cc2)c1NC(=O)c1c(OC)cccc1OC. The van der Waals surface area contributed by atoms with E-state index in [-0.39, 0.29) is 17.3 Å². The van der Waals surface area contributed by atoms with Crippen molar-refractivity contribution >= 4 is 11.6 Å². The number of H-pyrrole nitrogens is 1. The monoisotopic (exact) mass is 369 g/mol. The van der Waals surface area contributed by atoms with Crippen LogP contribution in [-0.2, 0) is 6.42 Å². The van der Waals surface area contributed by atoms with E-state index in [4.69, 9.17) is 9.47 Å². The Labute approximate surface area is 156 Å². The Balaban J connectivity index is 2.02. The van der Waals surface area contributed by atoms with E-state index in [1.165, 1.54) is 26.4 Å². The number of amides is 1. The Morgan fingerprint density at radius 1 is 1.11 bits per heavy atom. The van der Waals surface area contributed by atoms with Crippen LogP contribution in [0.4, 0.5) is 10.1 Å². The van der Waals surface area contributed by atoms with Crippen molar-refractivity contribution in [3.8, 4) is 22.8 Å². The van der Waals surface area contributed by atoms with Gasteiger partial charge in [-0.3, -0.25) is 9.89 Å². The second kappa shape index (κ2) is 7.90. The number of aromatic nitrogens is 2. The number of halogens is 1. The lowest BCUT2D eigenvalue weighted by molar-refractivity contribution is 0.102. The number of methoxy groups -OCH3 is 2. The van der Waals surface area contributed by atoms with E-state index in [2.05, 4.69) is 15.5 Å². The highest BCUT2D eigenvalue weighted by atomic mass is 19.1. The van der Waals surface area contributed by atoms with Gasteiger partial charge in [0.25, 0.3) is 5.91 Å². The molecule has 6 nitrogen and oxygen atoms in total. The van der Waals surface area contributed by atoms with Crippen LogP contribution in [0.15, 0.2) is 42.5 Å². The minimum absolute atomic E-state index is 0.288. The number of hydrogen-bond donors (Lipinski definition) is 2. The summed E-state index contributed by atoms with van der Waals surface area (Å²) >= 11 is 0. The van der Waals surface area contributed by atoms with E-state index in [9.17, 15) is 9.18 Å². The Bertz CT molecular complexity index is 929. The molecule has 0 aliphatic heterocycles. The third-order valence-electron chi connectivity index (χ3n) is 4.21. The van der Waals surface area contributed by atoms with Crippen LogP contribution in [0.25, 0.3) is 11.3 Å². The first kappa shape index (κ1) is 18.4. The molecule has 0 spiro atoms. The number of anilines is 1. The molecule has 1 amide bonds. The smallest absolute Gasteiger partial charge is 0.263 e. The Morgan fingerprint density at radius 2 is 1.74 bits per heavy atom. The molecule has 27 heavy (non-hydrogen) atoms. The Morgan fingerprint density at radius 3 is 2.30 bits per heavy atom. The Kier molecular flexibility index (Phi) is 5.40. The highest BCUT2D eigenvalue weighted by Gasteiger charge is 2.22. The maximum atomic E-state index is 13.2. The van der Waals surface area contributed by atoms with Crippen molar-refractivity contribution < 1.29 is 18.7 Å². The van der Waals surface area contributed by atoms with Crippen LogP contribution in [-0.4, -0.2) is 30.3 Å². The summed E-state index contributed by atoms with van der Waals surface area (Å²) < 4.78 is 23.9. The van der Waals surface area contributed by atoms with Gasteiger partial charge in [0.2, 0.25) is 0 Å². The first-order chi connectivity index (χ1) is 13.1. The number of rotatable bonds is 6. The number of nitrogens with zero attached hydrogens (tertiary/aromatic N) is 1. The summed E-state index contributed by atoms with van der Waals surface area (Å²) in [5.41, 5.74) is 2.82. The highest BCUT2D eigenvalue weighted by Crippen LogP contribution is 2.33. The maximum Gasteiger partial charge on any atom is 0.263 e. The van der Waals surface area contributed by atoms with E-state index in [0.717, 1.165) is 5.69 Å². The minimum atomic E-state index is -0.385. The van der Waals surface area contributed by atoms with Crippen molar-refractivity contribution in [1.82, 2.24) is 10.2 Å². The van der Waals surface area contributed by atoms with E-state index in [1.807, 2.05) is 6.92 Å². The van der Waals surface area contributed by atoms with Crippen LogP contribution in [0, 0.1) is 5.82 Å². The zero-order valence-corrected chi connectivity index (χ0v) is 15.3. The van der Waals surface area contributed by atoms with Gasteiger partial charge in [0.05, 0.1) is 25.6 Å². The fraction of sp³-hybridized carbons (Fsp3) is 0.200. The molecule has 0 saturated heterocycles. The lowest BCUT2D eigenvalue weighted by atomic mass is 10.1. The molecule has 2 N–H and O–H groups in total. The van der Waals surface area contributed by atoms with E-state index in [1.54, 1.807) is 30.3 Å². The maximum absolute atomic E-state index is 13.2. The number of aromatic amines is 1. The molecule has 2 aromatic carbocycles. The van der Waals surface area contributed by atoms with Crippen LogP contribution in [0.1, 0.15) is 23.0 Å². The molecular formula is C20H20FN3O3. The third kappa shape index (κ3) is 3.62. The summed E-state index contributed by atoms with van der Waals surface area (Å²) in [5, 5.41) is 10.1. The lowest BCUT2D eigenvalue weighted by Crippen LogP contribution is -2.15. The average molecular weight is 369 g/mol. The van der Waals surface area contributed by atoms with E-state index >= 15 is 0 Å². The van der Waals surface area contributed by atoms with Gasteiger partial charge in [0, 0.05) is 5.56 Å². The lowest BCUT2D eigenvalue weighted by Gasteiger charge is -2.14. The molecular weight excluding hydrogens is 349 g/mol. The highest BCUT2D eigenvalue weighted by molar-refractivity contribution is 6.09. The molecule has 0 aliphatic carbocycles. The number of carbonyl (C=O) groups is 1. The normalized spacial score (nSPS) is 10.5. The van der Waals surface area contributed by atoms with Gasteiger partial charge in [0.1, 0.15) is 28.6 Å². The molecule has 0 aliphatic rings. The van der Waals surface area contributed by atoms with Gasteiger partial charge in [-0.2, -0.15) is 5.10 Å². The molecule has 140 valence electrons. The number of benzene rings is 2. The van der Waals surface area contributed by atoms with Gasteiger partial charge >= 0.3 is 0 Å². The van der Waals surface area contributed by atoms with Crippen molar-refractivity contribution in [2.24, 2.45) is 0 Å². The largest absolute Gasteiger partial charge is 0.496 e. The van der Waals surface area contributed by atoms with Gasteiger partial charge in [-0.15, -0.1) is 0 Å². The zero-order chi connectivity index (χ0) is 19.4. The Hall–Kier alpha value is -3.35. The number of nitrogens with one attached hydrogen (secondary N) is 2. The molecule has 0 radical (unpaired) electrons. The van der Waals surface area contributed by atoms with Gasteiger partial charge < -0.3 is 14.8 Å². The summed E-state index contributed by atoms with van der Waals surface area (Å²) in [5.74, 6) is 0.0755. The average Bonchev–Trinajstić information content (AvgIpc) is 3.10. The van der Waals surface area contributed by atoms with Crippen molar-refractivity contribution in [1.29, 1.82) is 0 Å². The fourth-order valence-electron chi connectivity index (χ4n) is 2.84. The van der Waals surface area contributed by atoms with Gasteiger partial charge in [-0.25, -0.2) is 4.39 Å². The quantitative estimate of drug-likeness (QED) is 0.687. The second-order valence-corrected chi connectivity index (χ2v) is 5.78. The molecule has 0 fully saturated rings. The predicted octanol–water partition coefficient (Wildman–Crippen LogP) is 4.05. The van der Waals surface area contributed by atoms with Gasteiger partial charge in [0.15, 0.2) is 0 Å². The molecule has 3 rings (SSSR count). The topological polar surface area (TPSA) is 76.2 Å². The third-order valence-corrected chi connectivity index (χ3v) is 4.21. The zero-order valence-electron chi connectivity index (χ0n) is 15.3. The summed E-state index contributed by atoms with van der Waals surface area (Å²) in [7, 11) is 2.98. The molecule has 7 heteroatoms. The molecule has 0 unspecified atom stereocenters. The van der Waals surface area contributed by atoms with E-state index in [0.29, 0.717) is 34.9 Å². The first-order valence-corrected chi connectivity index (χ1v) is 8.44. The molecule has 1 aromatic heterocycles. The van der Waals surface area contributed by atoms with Crippen molar-refractivity contribution in [3.63, 3.8) is 0 Å². The molecule has 3 aromatic rings. The number of carbonyl (C=O) groups excluding carboxylic acids is 1. The predicted molar refractivity (Wildman–Crippen MR) is 101 cm³/mol. The molecule has 0 saturated carbocycles. The van der Waals surface area contributed by atoms with Crippen LogP contribution < -0.4 is 14.8 Å². The molecule has 0 bridgehead atoms. The minimum Gasteiger partial charge on any atom is -0.496 e. The van der Waals surface area contributed by atoms with Gasteiger partial charge in [-0.1, -0.05) is 13.0 Å². The van der Waals surface area contributed by atoms with Crippen molar-refractivity contribution in [2.45, 2.75) is 13.3 Å².